The quantitative estimate of drug-likeness (QED) is 0.793. The number of amides is 1. The lowest BCUT2D eigenvalue weighted by atomic mass is 9.92. The van der Waals surface area contributed by atoms with Gasteiger partial charge in [0.05, 0.1) is 24.9 Å². The van der Waals surface area contributed by atoms with E-state index in [4.69, 9.17) is 14.3 Å². The molecule has 1 N–H and O–H groups in total. The maximum absolute atomic E-state index is 12.5. The predicted octanol–water partition coefficient (Wildman–Crippen LogP) is 2.84. The van der Waals surface area contributed by atoms with Crippen molar-refractivity contribution >= 4 is 17.6 Å². The first-order valence-electron chi connectivity index (χ1n) is 9.72. The van der Waals surface area contributed by atoms with Crippen molar-refractivity contribution in [3.05, 3.63) is 54.5 Å². The van der Waals surface area contributed by atoms with Crippen molar-refractivity contribution in [2.75, 3.05) is 38.1 Å². The third kappa shape index (κ3) is 5.45. The van der Waals surface area contributed by atoms with E-state index in [1.165, 1.54) is 0 Å². The first kappa shape index (κ1) is 22.8. The number of piperazine rings is 1. The van der Waals surface area contributed by atoms with E-state index in [2.05, 4.69) is 16.8 Å². The van der Waals surface area contributed by atoms with Gasteiger partial charge in [-0.3, -0.25) is 14.6 Å². The minimum atomic E-state index is -5.08. The first-order chi connectivity index (χ1) is 14.6. The smallest absolute Gasteiger partial charge is 0.475 e. The zero-order valence-corrected chi connectivity index (χ0v) is 17.0. The number of likely N-dealkylation sites (N-methyl/N-ethyl adjacent to an activating group) is 1. The molecule has 1 amide bonds. The summed E-state index contributed by atoms with van der Waals surface area (Å²) in [5.41, 5.74) is 1.02. The number of carboxylic acid groups (broad SMARTS) is 1. The first-order valence-corrected chi connectivity index (χ1v) is 9.72. The highest BCUT2D eigenvalue weighted by Crippen LogP contribution is 2.33. The topological polar surface area (TPSA) is 77.2 Å². The van der Waals surface area contributed by atoms with Crippen LogP contribution in [0.2, 0.25) is 0 Å². The summed E-state index contributed by atoms with van der Waals surface area (Å²) in [6, 6.07) is 14.0. The molecule has 3 heterocycles. The van der Waals surface area contributed by atoms with Crippen LogP contribution in [0.1, 0.15) is 12.2 Å². The number of anilines is 1. The van der Waals surface area contributed by atoms with Gasteiger partial charge in [0.15, 0.2) is 0 Å². The zero-order chi connectivity index (χ0) is 22.6. The molecule has 0 saturated carbocycles. The van der Waals surface area contributed by atoms with E-state index in [0.717, 1.165) is 44.0 Å². The van der Waals surface area contributed by atoms with Gasteiger partial charge in [-0.15, -0.1) is 0 Å². The Bertz CT molecular complexity index is 889. The zero-order valence-electron chi connectivity index (χ0n) is 17.0. The number of halogens is 3. The second-order valence-electron chi connectivity index (χ2n) is 7.74. The molecule has 10 heteroatoms. The molecule has 7 nitrogen and oxygen atoms in total. The van der Waals surface area contributed by atoms with Crippen molar-refractivity contribution in [2.45, 2.75) is 24.7 Å². The van der Waals surface area contributed by atoms with Crippen LogP contribution in [0, 0.1) is 0 Å². The molecular weight excluding hydrogens is 415 g/mol. The van der Waals surface area contributed by atoms with Crippen LogP contribution in [0.4, 0.5) is 18.9 Å². The van der Waals surface area contributed by atoms with Crippen LogP contribution in [-0.4, -0.2) is 71.7 Å². The summed E-state index contributed by atoms with van der Waals surface area (Å²) in [7, 11) is 2.08. The normalized spacial score (nSPS) is 22.5. The van der Waals surface area contributed by atoms with Gasteiger partial charge in [-0.05, 0) is 37.7 Å². The third-order valence-electron chi connectivity index (χ3n) is 5.62. The molecule has 31 heavy (non-hydrogen) atoms. The molecular formula is C21H24F3N3O4. The molecule has 1 atom stereocenters. The Kier molecular flexibility index (Phi) is 6.71. The molecule has 1 spiro atoms. The Morgan fingerprint density at radius 1 is 1.16 bits per heavy atom. The molecule has 2 aromatic rings. The fourth-order valence-corrected chi connectivity index (χ4v) is 3.94. The molecule has 1 aromatic heterocycles. The van der Waals surface area contributed by atoms with Gasteiger partial charge in [0.1, 0.15) is 5.76 Å². The van der Waals surface area contributed by atoms with Crippen LogP contribution < -0.4 is 4.90 Å². The number of carbonyl (C=O) groups excluding carboxylic acids is 1. The molecule has 2 saturated heterocycles. The standard InChI is InChI=1S/C19H23N3O2.C2HF3O2/c1-20-13-18(23)22(16-6-3-2-4-7-16)15-19(20)9-10-21(14-19)12-17-8-5-11-24-17;3-2(4,5)1(6)7/h2-8,11H,9-10,12-15H2,1H3;(H,6,7). The van der Waals surface area contributed by atoms with Crippen LogP contribution in [0.3, 0.4) is 0 Å². The highest BCUT2D eigenvalue weighted by atomic mass is 19.4. The lowest BCUT2D eigenvalue weighted by Gasteiger charge is -2.47. The summed E-state index contributed by atoms with van der Waals surface area (Å²) in [4.78, 5) is 28.1. The molecule has 2 fully saturated rings. The van der Waals surface area contributed by atoms with Gasteiger partial charge in [0.25, 0.3) is 0 Å². The number of alkyl halides is 3. The highest BCUT2D eigenvalue weighted by molar-refractivity contribution is 5.96. The molecule has 4 rings (SSSR count). The lowest BCUT2D eigenvalue weighted by Crippen LogP contribution is -2.64. The minimum absolute atomic E-state index is 0.0242. The fraction of sp³-hybridized carbons (Fsp3) is 0.429. The van der Waals surface area contributed by atoms with E-state index in [0.29, 0.717) is 6.54 Å². The summed E-state index contributed by atoms with van der Waals surface area (Å²) in [5, 5.41) is 7.12. The average molecular weight is 439 g/mol. The molecule has 0 aliphatic carbocycles. The number of para-hydroxylation sites is 1. The van der Waals surface area contributed by atoms with Gasteiger partial charge >= 0.3 is 12.1 Å². The molecule has 0 radical (unpaired) electrons. The van der Waals surface area contributed by atoms with Crippen molar-refractivity contribution in [2.24, 2.45) is 0 Å². The van der Waals surface area contributed by atoms with Gasteiger partial charge in [0.2, 0.25) is 5.91 Å². The van der Waals surface area contributed by atoms with Crippen LogP contribution in [0.5, 0.6) is 0 Å². The van der Waals surface area contributed by atoms with Gasteiger partial charge < -0.3 is 14.4 Å². The average Bonchev–Trinajstić information content (AvgIpc) is 3.36. The number of carboxylic acids is 1. The fourth-order valence-electron chi connectivity index (χ4n) is 3.94. The molecule has 0 bridgehead atoms. The third-order valence-corrected chi connectivity index (χ3v) is 5.62. The monoisotopic (exact) mass is 439 g/mol. The number of furan rings is 1. The van der Waals surface area contributed by atoms with Crippen LogP contribution in [0.15, 0.2) is 53.1 Å². The second-order valence-corrected chi connectivity index (χ2v) is 7.74. The van der Waals surface area contributed by atoms with E-state index in [1.807, 2.05) is 47.4 Å². The predicted molar refractivity (Wildman–Crippen MR) is 106 cm³/mol. The molecule has 2 aliphatic rings. The molecule has 1 aromatic carbocycles. The van der Waals surface area contributed by atoms with Gasteiger partial charge in [-0.1, -0.05) is 18.2 Å². The van der Waals surface area contributed by atoms with Crippen molar-refractivity contribution in [3.8, 4) is 0 Å². The van der Waals surface area contributed by atoms with Crippen LogP contribution in [-0.2, 0) is 16.1 Å². The molecule has 168 valence electrons. The van der Waals surface area contributed by atoms with Crippen molar-refractivity contribution in [3.63, 3.8) is 0 Å². The summed E-state index contributed by atoms with van der Waals surface area (Å²) in [5.74, 6) is -1.58. The largest absolute Gasteiger partial charge is 0.490 e. The number of aliphatic carboxylic acids is 1. The van der Waals surface area contributed by atoms with E-state index >= 15 is 0 Å². The van der Waals surface area contributed by atoms with Crippen molar-refractivity contribution < 1.29 is 32.3 Å². The van der Waals surface area contributed by atoms with Crippen LogP contribution >= 0.6 is 0 Å². The Morgan fingerprint density at radius 2 is 1.84 bits per heavy atom. The van der Waals surface area contributed by atoms with E-state index < -0.39 is 12.1 Å². The Hall–Kier alpha value is -2.85. The summed E-state index contributed by atoms with van der Waals surface area (Å²) < 4.78 is 37.2. The number of hydrogen-bond donors (Lipinski definition) is 1. The maximum Gasteiger partial charge on any atom is 0.490 e. The minimum Gasteiger partial charge on any atom is -0.475 e. The van der Waals surface area contributed by atoms with E-state index in [9.17, 15) is 18.0 Å². The van der Waals surface area contributed by atoms with Gasteiger partial charge in [-0.25, -0.2) is 4.79 Å². The van der Waals surface area contributed by atoms with Gasteiger partial charge in [-0.2, -0.15) is 13.2 Å². The van der Waals surface area contributed by atoms with Gasteiger partial charge in [0, 0.05) is 25.3 Å². The Morgan fingerprint density at radius 3 is 2.42 bits per heavy atom. The highest BCUT2D eigenvalue weighted by Gasteiger charge is 2.47. The van der Waals surface area contributed by atoms with E-state index in [1.54, 1.807) is 6.26 Å². The number of hydrogen-bond acceptors (Lipinski definition) is 5. The number of carbonyl (C=O) groups is 2. The number of nitrogens with zero attached hydrogens (tertiary/aromatic N) is 3. The van der Waals surface area contributed by atoms with E-state index in [-0.39, 0.29) is 11.4 Å². The maximum atomic E-state index is 12.5. The van der Waals surface area contributed by atoms with Crippen molar-refractivity contribution in [1.29, 1.82) is 0 Å². The van der Waals surface area contributed by atoms with Crippen molar-refractivity contribution in [1.82, 2.24) is 9.80 Å². The molecule has 2 aliphatic heterocycles. The number of likely N-dealkylation sites (tertiary alicyclic amines) is 1. The molecule has 1 unspecified atom stereocenters. The second kappa shape index (κ2) is 9.11. The summed E-state index contributed by atoms with van der Waals surface area (Å²) >= 11 is 0. The van der Waals surface area contributed by atoms with Crippen LogP contribution in [0.25, 0.3) is 0 Å². The Balaban J connectivity index is 0.000000339. The summed E-state index contributed by atoms with van der Waals surface area (Å²) in [6.07, 6.45) is -2.29. The lowest BCUT2D eigenvalue weighted by molar-refractivity contribution is -0.192. The Labute approximate surface area is 177 Å². The summed E-state index contributed by atoms with van der Waals surface area (Å²) in [6.45, 7) is 4.05. The number of rotatable bonds is 3. The number of benzene rings is 1. The SMILES string of the molecule is CN1CC(=O)N(c2ccccc2)CC12CCN(Cc1ccco1)C2.O=C(O)C(F)(F)F.